The third-order valence-corrected chi connectivity index (χ3v) is 7.26. The van der Waals surface area contributed by atoms with Crippen molar-refractivity contribution in [3.8, 4) is 11.5 Å². The van der Waals surface area contributed by atoms with Gasteiger partial charge in [-0.3, -0.25) is 14.5 Å². The highest BCUT2D eigenvalue weighted by Gasteiger charge is 2.34. The van der Waals surface area contributed by atoms with Gasteiger partial charge in [-0.15, -0.1) is 0 Å². The second-order valence-electron chi connectivity index (χ2n) is 8.30. The van der Waals surface area contributed by atoms with Crippen molar-refractivity contribution in [1.29, 1.82) is 0 Å². The van der Waals surface area contributed by atoms with Crippen molar-refractivity contribution >= 4 is 55.7 Å². The summed E-state index contributed by atoms with van der Waals surface area (Å²) in [5.41, 5.74) is 1.82. The minimum atomic E-state index is -0.370. The minimum absolute atomic E-state index is 0.102. The average molecular weight is 578 g/mol. The maximum atomic E-state index is 13.0. The van der Waals surface area contributed by atoms with E-state index in [0.29, 0.717) is 23.0 Å². The van der Waals surface area contributed by atoms with Crippen LogP contribution in [0.25, 0.3) is 16.8 Å². The molecule has 1 fully saturated rings. The average Bonchev–Trinajstić information content (AvgIpc) is 3.16. The van der Waals surface area contributed by atoms with Crippen LogP contribution in [-0.2, 0) is 11.4 Å². The molecule has 0 spiro atoms. The SMILES string of the molecule is O=C1S/C(=C\c2ccc(OCc3ccc4ccccc4c3)c(Br)c2)C(=O)N1CCOc1ccc(F)cc1. The largest absolute Gasteiger partial charge is 0.492 e. The number of fused-ring (bicyclic) bond motifs is 1. The highest BCUT2D eigenvalue weighted by atomic mass is 79.9. The standard InChI is InChI=1S/C29H21BrFNO4S/c30-25-16-19(6-12-26(25)36-18-20-5-7-21-3-1-2-4-22(21)15-20)17-27-28(33)32(29(34)37-27)13-14-35-24-10-8-23(31)9-11-24/h1-12,15-17H,13-14,18H2/b27-17-. The molecule has 1 aliphatic rings. The van der Waals surface area contributed by atoms with Gasteiger partial charge in [0.1, 0.15) is 30.5 Å². The summed E-state index contributed by atoms with van der Waals surface area (Å²) in [6.07, 6.45) is 1.68. The molecule has 0 atom stereocenters. The van der Waals surface area contributed by atoms with E-state index in [1.165, 1.54) is 29.7 Å². The van der Waals surface area contributed by atoms with Crippen molar-refractivity contribution in [2.75, 3.05) is 13.2 Å². The van der Waals surface area contributed by atoms with Crippen molar-refractivity contribution in [2.24, 2.45) is 0 Å². The maximum Gasteiger partial charge on any atom is 0.293 e. The Morgan fingerprint density at radius 1 is 0.892 bits per heavy atom. The second kappa shape index (κ2) is 11.2. The Morgan fingerprint density at radius 3 is 2.46 bits per heavy atom. The van der Waals surface area contributed by atoms with Gasteiger partial charge in [-0.05, 0) is 98.1 Å². The van der Waals surface area contributed by atoms with E-state index in [1.54, 1.807) is 6.08 Å². The zero-order valence-electron chi connectivity index (χ0n) is 19.5. The number of imide groups is 1. The van der Waals surface area contributed by atoms with Gasteiger partial charge in [0.2, 0.25) is 0 Å². The summed E-state index contributed by atoms with van der Waals surface area (Å²) in [4.78, 5) is 26.7. The molecule has 4 aromatic carbocycles. The number of carbonyl (C=O) groups is 2. The number of ether oxygens (including phenoxy) is 2. The number of carbonyl (C=O) groups excluding carboxylic acids is 2. The fourth-order valence-corrected chi connectivity index (χ4v) is 5.22. The maximum absolute atomic E-state index is 13.0. The van der Waals surface area contributed by atoms with Gasteiger partial charge < -0.3 is 9.47 Å². The van der Waals surface area contributed by atoms with E-state index in [2.05, 4.69) is 40.2 Å². The first-order valence-electron chi connectivity index (χ1n) is 11.5. The third kappa shape index (κ3) is 6.03. The predicted octanol–water partition coefficient (Wildman–Crippen LogP) is 7.44. The number of benzene rings is 4. The molecule has 4 aromatic rings. The molecule has 0 radical (unpaired) electrons. The van der Waals surface area contributed by atoms with E-state index >= 15 is 0 Å². The zero-order chi connectivity index (χ0) is 25.8. The van der Waals surface area contributed by atoms with Crippen LogP contribution in [0.1, 0.15) is 11.1 Å². The topological polar surface area (TPSA) is 55.8 Å². The Balaban J connectivity index is 1.20. The molecule has 0 aromatic heterocycles. The van der Waals surface area contributed by atoms with Crippen LogP contribution in [0.4, 0.5) is 9.18 Å². The van der Waals surface area contributed by atoms with E-state index in [1.807, 2.05) is 36.4 Å². The summed E-state index contributed by atoms with van der Waals surface area (Å²) in [6.45, 7) is 0.637. The monoisotopic (exact) mass is 577 g/mol. The molecular weight excluding hydrogens is 557 g/mol. The number of amides is 2. The van der Waals surface area contributed by atoms with E-state index in [9.17, 15) is 14.0 Å². The number of halogens is 2. The molecule has 1 aliphatic heterocycles. The normalized spacial score (nSPS) is 14.5. The molecule has 8 heteroatoms. The van der Waals surface area contributed by atoms with Crippen molar-refractivity contribution in [2.45, 2.75) is 6.61 Å². The van der Waals surface area contributed by atoms with E-state index in [4.69, 9.17) is 9.47 Å². The summed E-state index contributed by atoms with van der Waals surface area (Å²) in [5, 5.41) is 1.99. The van der Waals surface area contributed by atoms with E-state index in [0.717, 1.165) is 37.6 Å². The van der Waals surface area contributed by atoms with E-state index < -0.39 is 0 Å². The lowest BCUT2D eigenvalue weighted by Crippen LogP contribution is -2.32. The van der Waals surface area contributed by atoms with Crippen LogP contribution in [0, 0.1) is 5.82 Å². The Bertz CT molecular complexity index is 1510. The molecule has 2 amide bonds. The molecule has 37 heavy (non-hydrogen) atoms. The lowest BCUT2D eigenvalue weighted by Gasteiger charge is -2.13. The molecule has 0 N–H and O–H groups in total. The highest BCUT2D eigenvalue weighted by Crippen LogP contribution is 2.34. The smallest absolute Gasteiger partial charge is 0.293 e. The van der Waals surface area contributed by atoms with Crippen molar-refractivity contribution in [3.63, 3.8) is 0 Å². The number of thioether (sulfide) groups is 1. The zero-order valence-corrected chi connectivity index (χ0v) is 21.9. The van der Waals surface area contributed by atoms with Crippen LogP contribution in [-0.4, -0.2) is 29.2 Å². The molecule has 0 aliphatic carbocycles. The van der Waals surface area contributed by atoms with Crippen molar-refractivity contribution in [1.82, 2.24) is 4.90 Å². The number of nitrogens with zero attached hydrogens (tertiary/aromatic N) is 1. The summed E-state index contributed by atoms with van der Waals surface area (Å²) < 4.78 is 25.3. The van der Waals surface area contributed by atoms with Crippen LogP contribution in [0.2, 0.25) is 0 Å². The van der Waals surface area contributed by atoms with Crippen molar-refractivity contribution in [3.05, 3.63) is 111 Å². The predicted molar refractivity (Wildman–Crippen MR) is 147 cm³/mol. The Kier molecular flexibility index (Phi) is 7.58. The summed E-state index contributed by atoms with van der Waals surface area (Å²) in [5.74, 6) is 0.415. The van der Waals surface area contributed by atoms with Gasteiger partial charge in [0, 0.05) is 0 Å². The van der Waals surface area contributed by atoms with Gasteiger partial charge in [-0.25, -0.2) is 4.39 Å². The van der Waals surface area contributed by atoms with Crippen LogP contribution in [0.3, 0.4) is 0 Å². The van der Waals surface area contributed by atoms with E-state index in [-0.39, 0.29) is 30.1 Å². The van der Waals surface area contributed by atoms with Crippen LogP contribution in [0.15, 0.2) is 94.3 Å². The third-order valence-electron chi connectivity index (χ3n) is 5.73. The Hall–Kier alpha value is -3.62. The number of rotatable bonds is 8. The number of hydrogen-bond donors (Lipinski definition) is 0. The van der Waals surface area contributed by atoms with Gasteiger partial charge >= 0.3 is 0 Å². The van der Waals surface area contributed by atoms with Gasteiger partial charge in [-0.1, -0.05) is 42.5 Å². The molecule has 1 saturated heterocycles. The van der Waals surface area contributed by atoms with Gasteiger partial charge in [0.05, 0.1) is 15.9 Å². The fraction of sp³-hybridized carbons (Fsp3) is 0.103. The summed E-state index contributed by atoms with van der Waals surface area (Å²) in [7, 11) is 0. The molecule has 0 unspecified atom stereocenters. The lowest BCUT2D eigenvalue weighted by atomic mass is 10.1. The Labute approximate surface area is 226 Å². The van der Waals surface area contributed by atoms with Crippen molar-refractivity contribution < 1.29 is 23.5 Å². The van der Waals surface area contributed by atoms with Crippen LogP contribution in [0.5, 0.6) is 11.5 Å². The first kappa shape index (κ1) is 25.0. The van der Waals surface area contributed by atoms with Gasteiger partial charge in [0.15, 0.2) is 0 Å². The fourth-order valence-electron chi connectivity index (χ4n) is 3.84. The number of hydrogen-bond acceptors (Lipinski definition) is 5. The molecule has 1 heterocycles. The minimum Gasteiger partial charge on any atom is -0.492 e. The lowest BCUT2D eigenvalue weighted by molar-refractivity contribution is -0.123. The molecular formula is C29H21BrFNO4S. The quantitative estimate of drug-likeness (QED) is 0.204. The molecule has 0 saturated carbocycles. The summed E-state index contributed by atoms with van der Waals surface area (Å²) in [6, 6.07) is 25.5. The first-order chi connectivity index (χ1) is 18.0. The highest BCUT2D eigenvalue weighted by molar-refractivity contribution is 9.10. The van der Waals surface area contributed by atoms with Crippen LogP contribution < -0.4 is 9.47 Å². The van der Waals surface area contributed by atoms with Crippen LogP contribution >= 0.6 is 27.7 Å². The Morgan fingerprint density at radius 2 is 1.68 bits per heavy atom. The first-order valence-corrected chi connectivity index (χ1v) is 13.1. The summed E-state index contributed by atoms with van der Waals surface area (Å²) >= 11 is 4.44. The second-order valence-corrected chi connectivity index (χ2v) is 10.1. The van der Waals surface area contributed by atoms with Gasteiger partial charge in [-0.2, -0.15) is 0 Å². The molecule has 186 valence electrons. The molecule has 5 nitrogen and oxygen atoms in total. The van der Waals surface area contributed by atoms with Gasteiger partial charge in [0.25, 0.3) is 11.1 Å². The molecule has 5 rings (SSSR count). The molecule has 0 bridgehead atoms.